The van der Waals surface area contributed by atoms with Crippen LogP contribution in [0.3, 0.4) is 0 Å². The highest BCUT2D eigenvalue weighted by Crippen LogP contribution is 2.23. The third-order valence-corrected chi connectivity index (χ3v) is 3.01. The lowest BCUT2D eigenvalue weighted by Crippen LogP contribution is -2.07. The first-order chi connectivity index (χ1) is 11.1. The molecule has 2 rings (SSSR count). The Hall–Kier alpha value is -2.82. The van der Waals surface area contributed by atoms with Crippen molar-refractivity contribution in [3.05, 3.63) is 59.9 Å². The molecule has 2 aromatic carbocycles. The maximum atomic E-state index is 13.0. The van der Waals surface area contributed by atoms with E-state index >= 15 is 0 Å². The van der Waals surface area contributed by atoms with E-state index in [0.717, 1.165) is 12.0 Å². The maximum absolute atomic E-state index is 13.0. The number of carbonyl (C=O) groups excluding carboxylic acids is 1. The zero-order valence-corrected chi connectivity index (χ0v) is 12.9. The maximum Gasteiger partial charge on any atom is 0.248 e. The number of benzene rings is 2. The smallest absolute Gasteiger partial charge is 0.248 e. The number of anilines is 2. The number of hydrogen-bond acceptors (Lipinski definition) is 3. The summed E-state index contributed by atoms with van der Waals surface area (Å²) in [5.41, 5.74) is 7.61. The lowest BCUT2D eigenvalue weighted by molar-refractivity contribution is -0.111. The summed E-state index contributed by atoms with van der Waals surface area (Å²) in [6, 6.07) is 11.0. The number of hydrogen-bond donors (Lipinski definition) is 2. The summed E-state index contributed by atoms with van der Waals surface area (Å²) in [7, 11) is 0. The van der Waals surface area contributed by atoms with Crippen LogP contribution in [0, 0.1) is 5.82 Å². The minimum atomic E-state index is -0.401. The van der Waals surface area contributed by atoms with Gasteiger partial charge < -0.3 is 15.8 Å². The Balaban J connectivity index is 1.99. The predicted octanol–water partition coefficient (Wildman–Crippen LogP) is 3.85. The fourth-order valence-electron chi connectivity index (χ4n) is 1.94. The summed E-state index contributed by atoms with van der Waals surface area (Å²) in [6.45, 7) is 2.62. The predicted molar refractivity (Wildman–Crippen MR) is 90.7 cm³/mol. The second-order valence-corrected chi connectivity index (χ2v) is 4.98. The van der Waals surface area contributed by atoms with Crippen molar-refractivity contribution in [3.63, 3.8) is 0 Å². The average molecular weight is 314 g/mol. The van der Waals surface area contributed by atoms with Crippen molar-refractivity contribution in [1.29, 1.82) is 0 Å². The van der Waals surface area contributed by atoms with Crippen LogP contribution in [-0.4, -0.2) is 12.5 Å². The molecule has 23 heavy (non-hydrogen) atoms. The van der Waals surface area contributed by atoms with E-state index in [2.05, 4.69) is 5.32 Å². The van der Waals surface area contributed by atoms with Crippen LogP contribution in [0.5, 0.6) is 5.75 Å². The molecule has 0 aliphatic heterocycles. The summed E-state index contributed by atoms with van der Waals surface area (Å²) < 4.78 is 18.5. The molecular weight excluding hydrogens is 295 g/mol. The molecule has 4 nitrogen and oxygen atoms in total. The second-order valence-electron chi connectivity index (χ2n) is 4.98. The second kappa shape index (κ2) is 7.98. The Labute approximate surface area is 134 Å². The molecule has 0 saturated heterocycles. The summed E-state index contributed by atoms with van der Waals surface area (Å²) in [6.07, 6.45) is 3.90. The first kappa shape index (κ1) is 16.5. The van der Waals surface area contributed by atoms with Crippen LogP contribution in [0.15, 0.2) is 48.5 Å². The molecule has 0 aromatic heterocycles. The summed E-state index contributed by atoms with van der Waals surface area (Å²) in [5, 5.41) is 2.59. The van der Waals surface area contributed by atoms with Gasteiger partial charge in [0.1, 0.15) is 11.6 Å². The van der Waals surface area contributed by atoms with Gasteiger partial charge in [-0.05, 0) is 48.4 Å². The van der Waals surface area contributed by atoms with E-state index in [1.54, 1.807) is 24.3 Å². The molecule has 5 heteroatoms. The minimum absolute atomic E-state index is 0.347. The third-order valence-electron chi connectivity index (χ3n) is 3.01. The fraction of sp³-hybridized carbons (Fsp3) is 0.167. The molecule has 0 aliphatic rings. The zero-order valence-electron chi connectivity index (χ0n) is 12.9. The standard InChI is InChI=1S/C18H19FN2O2/c1-2-10-23-17-8-6-13(11-16(17)20)7-9-18(22)21-15-5-3-4-14(19)12-15/h3-9,11-12H,2,10,20H2,1H3,(H,21,22)/b9-7-. The van der Waals surface area contributed by atoms with Crippen molar-refractivity contribution in [2.24, 2.45) is 0 Å². The Bertz CT molecular complexity index is 714. The van der Waals surface area contributed by atoms with Gasteiger partial charge in [0.15, 0.2) is 0 Å². The molecule has 1 amide bonds. The largest absolute Gasteiger partial charge is 0.491 e. The first-order valence-electron chi connectivity index (χ1n) is 7.35. The first-order valence-corrected chi connectivity index (χ1v) is 7.35. The normalized spacial score (nSPS) is 10.7. The van der Waals surface area contributed by atoms with E-state index in [0.29, 0.717) is 23.7 Å². The van der Waals surface area contributed by atoms with Crippen molar-refractivity contribution in [3.8, 4) is 5.75 Å². The van der Waals surface area contributed by atoms with E-state index < -0.39 is 5.82 Å². The van der Waals surface area contributed by atoms with Crippen LogP contribution in [0.25, 0.3) is 6.08 Å². The molecule has 0 spiro atoms. The van der Waals surface area contributed by atoms with Crippen LogP contribution in [-0.2, 0) is 4.79 Å². The molecule has 0 saturated carbocycles. The van der Waals surface area contributed by atoms with Gasteiger partial charge in [0, 0.05) is 11.8 Å². The lowest BCUT2D eigenvalue weighted by Gasteiger charge is -2.08. The molecular formula is C18H19FN2O2. The van der Waals surface area contributed by atoms with Gasteiger partial charge >= 0.3 is 0 Å². The Morgan fingerprint density at radius 1 is 1.30 bits per heavy atom. The Kier molecular flexibility index (Phi) is 5.74. The molecule has 3 N–H and O–H groups in total. The number of carbonyl (C=O) groups is 1. The van der Waals surface area contributed by atoms with E-state index in [4.69, 9.17) is 10.5 Å². The molecule has 120 valence electrons. The van der Waals surface area contributed by atoms with Gasteiger partial charge in [-0.25, -0.2) is 4.39 Å². The lowest BCUT2D eigenvalue weighted by atomic mass is 10.1. The average Bonchev–Trinajstić information content (AvgIpc) is 2.52. The number of nitrogen functional groups attached to an aromatic ring is 1. The van der Waals surface area contributed by atoms with Crippen molar-refractivity contribution < 1.29 is 13.9 Å². The SMILES string of the molecule is CCCOc1ccc(/C=C\C(=O)Nc2cccc(F)c2)cc1N. The number of ether oxygens (including phenoxy) is 1. The third kappa shape index (κ3) is 5.14. The van der Waals surface area contributed by atoms with Crippen molar-refractivity contribution in [2.75, 3.05) is 17.7 Å². The van der Waals surface area contributed by atoms with Gasteiger partial charge in [-0.2, -0.15) is 0 Å². The van der Waals surface area contributed by atoms with E-state index in [1.165, 1.54) is 24.3 Å². The zero-order chi connectivity index (χ0) is 16.7. The number of halogens is 1. The molecule has 0 radical (unpaired) electrons. The minimum Gasteiger partial charge on any atom is -0.491 e. The van der Waals surface area contributed by atoms with Crippen LogP contribution in [0.4, 0.5) is 15.8 Å². The van der Waals surface area contributed by atoms with Crippen LogP contribution in [0.1, 0.15) is 18.9 Å². The van der Waals surface area contributed by atoms with Crippen molar-refractivity contribution in [1.82, 2.24) is 0 Å². The fourth-order valence-corrected chi connectivity index (χ4v) is 1.94. The number of nitrogens with one attached hydrogen (secondary N) is 1. The van der Waals surface area contributed by atoms with E-state index in [9.17, 15) is 9.18 Å². The molecule has 0 bridgehead atoms. The molecule has 0 fully saturated rings. The monoisotopic (exact) mass is 314 g/mol. The molecule has 0 unspecified atom stereocenters. The molecule has 0 atom stereocenters. The highest BCUT2D eigenvalue weighted by atomic mass is 19.1. The van der Waals surface area contributed by atoms with Gasteiger partial charge in [0.2, 0.25) is 5.91 Å². The molecule has 0 heterocycles. The topological polar surface area (TPSA) is 64.3 Å². The highest BCUT2D eigenvalue weighted by molar-refractivity contribution is 6.01. The van der Waals surface area contributed by atoms with Gasteiger partial charge in [0.25, 0.3) is 0 Å². The summed E-state index contributed by atoms with van der Waals surface area (Å²) in [5.74, 6) is -0.115. The molecule has 2 aromatic rings. The number of nitrogens with two attached hydrogens (primary N) is 1. The van der Waals surface area contributed by atoms with Gasteiger partial charge in [-0.15, -0.1) is 0 Å². The Morgan fingerprint density at radius 3 is 2.83 bits per heavy atom. The molecule has 0 aliphatic carbocycles. The van der Waals surface area contributed by atoms with E-state index in [1.807, 2.05) is 13.0 Å². The van der Waals surface area contributed by atoms with Crippen LogP contribution in [0.2, 0.25) is 0 Å². The highest BCUT2D eigenvalue weighted by Gasteiger charge is 2.02. The van der Waals surface area contributed by atoms with Gasteiger partial charge in [-0.3, -0.25) is 4.79 Å². The number of rotatable bonds is 6. The van der Waals surface area contributed by atoms with E-state index in [-0.39, 0.29) is 5.91 Å². The summed E-state index contributed by atoms with van der Waals surface area (Å²) >= 11 is 0. The van der Waals surface area contributed by atoms with Gasteiger partial charge in [-0.1, -0.05) is 19.1 Å². The van der Waals surface area contributed by atoms with Crippen molar-refractivity contribution in [2.45, 2.75) is 13.3 Å². The van der Waals surface area contributed by atoms with Crippen LogP contribution < -0.4 is 15.8 Å². The van der Waals surface area contributed by atoms with Crippen molar-refractivity contribution >= 4 is 23.4 Å². The summed E-state index contributed by atoms with van der Waals surface area (Å²) in [4.78, 5) is 11.8. The van der Waals surface area contributed by atoms with Crippen LogP contribution >= 0.6 is 0 Å². The van der Waals surface area contributed by atoms with Gasteiger partial charge in [0.05, 0.1) is 12.3 Å². The Morgan fingerprint density at radius 2 is 2.13 bits per heavy atom. The quantitative estimate of drug-likeness (QED) is 0.629. The number of amides is 1.